The lowest BCUT2D eigenvalue weighted by Crippen LogP contribution is -2.22. The van der Waals surface area contributed by atoms with Gasteiger partial charge in [0.15, 0.2) is 5.78 Å². The maximum atomic E-state index is 12.0. The van der Waals surface area contributed by atoms with Gasteiger partial charge >= 0.3 is 5.97 Å². The number of anilines is 1. The molecule has 104 valence electrons. The van der Waals surface area contributed by atoms with Crippen LogP contribution in [-0.2, 0) is 26.2 Å². The highest BCUT2D eigenvalue weighted by Crippen LogP contribution is 2.56. The van der Waals surface area contributed by atoms with Crippen molar-refractivity contribution in [3.63, 3.8) is 0 Å². The quantitative estimate of drug-likeness (QED) is 0.814. The van der Waals surface area contributed by atoms with Crippen LogP contribution < -0.4 is 5.32 Å². The average molecular weight is 273 g/mol. The predicted molar refractivity (Wildman–Crippen MR) is 71.5 cm³/mol. The van der Waals surface area contributed by atoms with Crippen LogP contribution in [0, 0.1) is 5.92 Å². The Morgan fingerprint density at radius 3 is 2.70 bits per heavy atom. The Morgan fingerprint density at radius 1 is 1.40 bits per heavy atom. The number of hydrogen-bond donors (Lipinski definition) is 2. The molecule has 2 aliphatic rings. The zero-order valence-corrected chi connectivity index (χ0v) is 11.1. The second-order valence-corrected chi connectivity index (χ2v) is 5.48. The van der Waals surface area contributed by atoms with Gasteiger partial charge in [0.05, 0.1) is 0 Å². The maximum Gasteiger partial charge on any atom is 0.303 e. The number of aryl methyl sites for hydroxylation is 1. The second kappa shape index (κ2) is 4.16. The van der Waals surface area contributed by atoms with E-state index in [1.54, 1.807) is 13.0 Å². The molecule has 1 aliphatic heterocycles. The molecule has 1 aliphatic carbocycles. The van der Waals surface area contributed by atoms with E-state index in [0.29, 0.717) is 18.5 Å². The van der Waals surface area contributed by atoms with Crippen molar-refractivity contribution in [2.75, 3.05) is 5.32 Å². The monoisotopic (exact) mass is 273 g/mol. The van der Waals surface area contributed by atoms with E-state index in [1.807, 2.05) is 12.1 Å². The molecule has 1 amide bonds. The second-order valence-electron chi connectivity index (χ2n) is 5.48. The van der Waals surface area contributed by atoms with Crippen LogP contribution in [0.4, 0.5) is 5.69 Å². The smallest absolute Gasteiger partial charge is 0.303 e. The molecule has 1 saturated carbocycles. The van der Waals surface area contributed by atoms with Crippen molar-refractivity contribution in [2.24, 2.45) is 5.92 Å². The third-order valence-electron chi connectivity index (χ3n) is 4.32. The number of aliphatic carboxylic acids is 1. The standard InChI is InChI=1S/C15H15NO4/c1-8-13(19)15(8)10-7-9(3-2-4-12(17)18)5-6-11(10)16-14(15)20/h5-8H,2-4H2,1H3,(H,16,20)(H,17,18). The van der Waals surface area contributed by atoms with E-state index in [4.69, 9.17) is 5.11 Å². The first-order chi connectivity index (χ1) is 9.47. The zero-order chi connectivity index (χ0) is 14.5. The lowest BCUT2D eigenvalue weighted by atomic mass is 9.92. The molecule has 0 radical (unpaired) electrons. The molecule has 2 atom stereocenters. The summed E-state index contributed by atoms with van der Waals surface area (Å²) in [6.45, 7) is 1.77. The van der Waals surface area contributed by atoms with Gasteiger partial charge in [-0.15, -0.1) is 0 Å². The summed E-state index contributed by atoms with van der Waals surface area (Å²) in [6.07, 6.45) is 1.30. The Bertz CT molecular complexity index is 637. The number of carboxylic acid groups (broad SMARTS) is 1. The zero-order valence-electron chi connectivity index (χ0n) is 11.1. The first-order valence-corrected chi connectivity index (χ1v) is 6.69. The molecular weight excluding hydrogens is 258 g/mol. The molecule has 3 rings (SSSR count). The fourth-order valence-corrected chi connectivity index (χ4v) is 3.09. The number of Topliss-reactive ketones (excluding diaryl/α,β-unsaturated/α-hetero) is 1. The molecule has 0 bridgehead atoms. The molecule has 0 saturated heterocycles. The van der Waals surface area contributed by atoms with E-state index in [1.165, 1.54) is 0 Å². The van der Waals surface area contributed by atoms with Crippen molar-refractivity contribution in [1.29, 1.82) is 0 Å². The van der Waals surface area contributed by atoms with Gasteiger partial charge in [0.25, 0.3) is 0 Å². The minimum absolute atomic E-state index is 0.0311. The molecule has 1 aromatic rings. The lowest BCUT2D eigenvalue weighted by Gasteiger charge is -2.07. The third-order valence-corrected chi connectivity index (χ3v) is 4.32. The Morgan fingerprint density at radius 2 is 2.10 bits per heavy atom. The molecule has 5 nitrogen and oxygen atoms in total. The number of rotatable bonds is 4. The molecule has 2 unspecified atom stereocenters. The van der Waals surface area contributed by atoms with Gasteiger partial charge < -0.3 is 10.4 Å². The minimum atomic E-state index is -0.974. The summed E-state index contributed by atoms with van der Waals surface area (Å²) in [6, 6.07) is 5.55. The van der Waals surface area contributed by atoms with E-state index in [-0.39, 0.29) is 24.0 Å². The highest BCUT2D eigenvalue weighted by Gasteiger charge is 2.71. The van der Waals surface area contributed by atoms with Crippen LogP contribution in [0.3, 0.4) is 0 Å². The summed E-state index contributed by atoms with van der Waals surface area (Å²) in [5.41, 5.74) is 1.45. The summed E-state index contributed by atoms with van der Waals surface area (Å²) in [7, 11) is 0. The Hall–Kier alpha value is -2.17. The Labute approximate surface area is 116 Å². The van der Waals surface area contributed by atoms with Crippen molar-refractivity contribution in [1.82, 2.24) is 0 Å². The molecule has 0 aromatic heterocycles. The molecule has 2 N–H and O–H groups in total. The molecule has 20 heavy (non-hydrogen) atoms. The highest BCUT2D eigenvalue weighted by molar-refractivity contribution is 6.33. The number of nitrogens with one attached hydrogen (secondary N) is 1. The van der Waals surface area contributed by atoms with Crippen LogP contribution in [0.5, 0.6) is 0 Å². The van der Waals surface area contributed by atoms with Crippen molar-refractivity contribution >= 4 is 23.3 Å². The van der Waals surface area contributed by atoms with Gasteiger partial charge in [0.2, 0.25) is 5.91 Å². The number of benzene rings is 1. The first-order valence-electron chi connectivity index (χ1n) is 6.69. The fraction of sp³-hybridized carbons (Fsp3) is 0.400. The number of fused-ring (bicyclic) bond motifs is 2. The van der Waals surface area contributed by atoms with Gasteiger partial charge in [0, 0.05) is 18.0 Å². The molecule has 1 aromatic carbocycles. The van der Waals surface area contributed by atoms with E-state index in [9.17, 15) is 14.4 Å². The summed E-state index contributed by atoms with van der Waals surface area (Å²) in [5, 5.41) is 11.4. The van der Waals surface area contributed by atoms with Crippen LogP contribution in [0.1, 0.15) is 30.9 Å². The van der Waals surface area contributed by atoms with Crippen LogP contribution in [0.15, 0.2) is 18.2 Å². The topological polar surface area (TPSA) is 83.5 Å². The summed E-state index contributed by atoms with van der Waals surface area (Å²) < 4.78 is 0. The normalized spacial score (nSPS) is 26.6. The summed E-state index contributed by atoms with van der Waals surface area (Å²) >= 11 is 0. The first kappa shape index (κ1) is 12.8. The van der Waals surface area contributed by atoms with Crippen molar-refractivity contribution in [3.05, 3.63) is 29.3 Å². The van der Waals surface area contributed by atoms with Gasteiger partial charge in [-0.3, -0.25) is 14.4 Å². The maximum absolute atomic E-state index is 12.0. The number of carboxylic acids is 1. The number of hydrogen-bond acceptors (Lipinski definition) is 3. The fourth-order valence-electron chi connectivity index (χ4n) is 3.09. The molecule has 1 fully saturated rings. The Kier molecular flexibility index (Phi) is 2.67. The number of carbonyl (C=O) groups is 3. The van der Waals surface area contributed by atoms with Crippen LogP contribution >= 0.6 is 0 Å². The van der Waals surface area contributed by atoms with E-state index in [0.717, 1.165) is 11.1 Å². The van der Waals surface area contributed by atoms with Crippen molar-refractivity contribution < 1.29 is 19.5 Å². The van der Waals surface area contributed by atoms with Crippen LogP contribution in [0.25, 0.3) is 0 Å². The molecular formula is C15H15NO4. The van der Waals surface area contributed by atoms with Gasteiger partial charge in [-0.05, 0) is 30.0 Å². The molecule has 5 heteroatoms. The SMILES string of the molecule is CC1C(=O)C12C(=O)Nc1ccc(CCCC(=O)O)cc12. The van der Waals surface area contributed by atoms with Crippen LogP contribution in [0.2, 0.25) is 0 Å². The van der Waals surface area contributed by atoms with Crippen molar-refractivity contribution in [2.45, 2.75) is 31.6 Å². The number of amides is 1. The van der Waals surface area contributed by atoms with Gasteiger partial charge in [-0.25, -0.2) is 0 Å². The van der Waals surface area contributed by atoms with Gasteiger partial charge in [-0.1, -0.05) is 19.1 Å². The van der Waals surface area contributed by atoms with E-state index >= 15 is 0 Å². The van der Waals surface area contributed by atoms with Crippen molar-refractivity contribution in [3.8, 4) is 0 Å². The molecule has 1 heterocycles. The lowest BCUT2D eigenvalue weighted by molar-refractivity contribution is -0.137. The largest absolute Gasteiger partial charge is 0.481 e. The van der Waals surface area contributed by atoms with E-state index < -0.39 is 11.4 Å². The minimum Gasteiger partial charge on any atom is -0.481 e. The Balaban J connectivity index is 1.87. The summed E-state index contributed by atoms with van der Waals surface area (Å²) in [5.74, 6) is -1.34. The molecule has 1 spiro atoms. The van der Waals surface area contributed by atoms with Gasteiger partial charge in [0.1, 0.15) is 5.41 Å². The predicted octanol–water partition coefficient (Wildman–Crippen LogP) is 1.50. The third kappa shape index (κ3) is 1.59. The van der Waals surface area contributed by atoms with E-state index in [2.05, 4.69) is 5.32 Å². The van der Waals surface area contributed by atoms with Gasteiger partial charge in [-0.2, -0.15) is 0 Å². The number of ketones is 1. The van der Waals surface area contributed by atoms with Crippen LogP contribution in [-0.4, -0.2) is 22.8 Å². The summed E-state index contributed by atoms with van der Waals surface area (Å²) in [4.78, 5) is 34.5. The number of carbonyl (C=O) groups excluding carboxylic acids is 2. The average Bonchev–Trinajstić information content (AvgIpc) is 2.80. The highest BCUT2D eigenvalue weighted by atomic mass is 16.4.